The van der Waals surface area contributed by atoms with E-state index < -0.39 is 6.61 Å². The topological polar surface area (TPSA) is 59.1 Å². The van der Waals surface area contributed by atoms with Crippen LogP contribution in [0.2, 0.25) is 0 Å². The molecule has 0 bridgehead atoms. The second-order valence-electron chi connectivity index (χ2n) is 6.47. The van der Waals surface area contributed by atoms with E-state index in [2.05, 4.69) is 4.74 Å². The molecular formula is C19H26F2N2O4. The minimum Gasteiger partial charge on any atom is -0.490 e. The van der Waals surface area contributed by atoms with Crippen molar-refractivity contribution < 1.29 is 27.8 Å². The van der Waals surface area contributed by atoms with E-state index >= 15 is 0 Å². The molecule has 1 aromatic rings. The van der Waals surface area contributed by atoms with Gasteiger partial charge in [0, 0.05) is 26.6 Å². The summed E-state index contributed by atoms with van der Waals surface area (Å²) >= 11 is 0. The van der Waals surface area contributed by atoms with E-state index in [0.29, 0.717) is 19.6 Å². The molecule has 0 aliphatic carbocycles. The van der Waals surface area contributed by atoms with E-state index in [4.69, 9.17) is 4.74 Å². The summed E-state index contributed by atoms with van der Waals surface area (Å²) in [5.74, 6) is 0.0103. The molecule has 2 amide bonds. The van der Waals surface area contributed by atoms with Crippen molar-refractivity contribution in [3.8, 4) is 11.5 Å². The van der Waals surface area contributed by atoms with E-state index in [1.165, 1.54) is 11.0 Å². The molecule has 1 aliphatic rings. The largest absolute Gasteiger partial charge is 0.490 e. The maximum Gasteiger partial charge on any atom is 0.387 e. The van der Waals surface area contributed by atoms with Gasteiger partial charge >= 0.3 is 6.61 Å². The zero-order valence-electron chi connectivity index (χ0n) is 15.7. The molecule has 1 aliphatic heterocycles. The molecule has 1 aromatic carbocycles. The third-order valence-electron chi connectivity index (χ3n) is 4.37. The molecule has 150 valence electrons. The lowest BCUT2D eigenvalue weighted by atomic mass is 10.2. The van der Waals surface area contributed by atoms with Crippen LogP contribution in [0, 0.1) is 0 Å². The van der Waals surface area contributed by atoms with Crippen LogP contribution in [-0.2, 0) is 16.1 Å². The standard InChI is InChI=1S/C19H26F2N2O4/c1-3-26-16-11-14(8-9-15(16)27-19(20)21)12-22(2)18(25)13-23-10-6-4-5-7-17(23)24/h8-9,11,19H,3-7,10,12-13H2,1-2H3. The average molecular weight is 384 g/mol. The van der Waals surface area contributed by atoms with Crippen LogP contribution in [0.3, 0.4) is 0 Å². The third kappa shape index (κ3) is 6.37. The van der Waals surface area contributed by atoms with Crippen molar-refractivity contribution in [2.45, 2.75) is 45.8 Å². The number of alkyl halides is 2. The quantitative estimate of drug-likeness (QED) is 0.691. The normalized spacial score (nSPS) is 14.9. The number of likely N-dealkylation sites (N-methyl/N-ethyl adjacent to an activating group) is 1. The number of carbonyl (C=O) groups excluding carboxylic acids is 2. The van der Waals surface area contributed by atoms with Crippen LogP contribution in [-0.4, -0.2) is 55.0 Å². The van der Waals surface area contributed by atoms with E-state index in [0.717, 1.165) is 24.8 Å². The predicted octanol–water partition coefficient (Wildman–Crippen LogP) is 3.05. The molecule has 27 heavy (non-hydrogen) atoms. The first-order valence-electron chi connectivity index (χ1n) is 9.13. The van der Waals surface area contributed by atoms with Crippen molar-refractivity contribution in [2.75, 3.05) is 26.7 Å². The van der Waals surface area contributed by atoms with Gasteiger partial charge in [0.1, 0.15) is 0 Å². The van der Waals surface area contributed by atoms with E-state index in [1.54, 1.807) is 31.0 Å². The lowest BCUT2D eigenvalue weighted by molar-refractivity contribution is -0.139. The fourth-order valence-electron chi connectivity index (χ4n) is 2.96. The van der Waals surface area contributed by atoms with Crippen LogP contribution in [0.15, 0.2) is 18.2 Å². The number of hydrogen-bond donors (Lipinski definition) is 0. The number of ether oxygens (including phenoxy) is 2. The van der Waals surface area contributed by atoms with Crippen molar-refractivity contribution in [3.63, 3.8) is 0 Å². The number of nitrogens with zero attached hydrogens (tertiary/aromatic N) is 2. The first-order chi connectivity index (χ1) is 12.9. The van der Waals surface area contributed by atoms with Gasteiger partial charge in [-0.15, -0.1) is 0 Å². The Morgan fingerprint density at radius 3 is 2.74 bits per heavy atom. The van der Waals surface area contributed by atoms with Crippen LogP contribution in [0.25, 0.3) is 0 Å². The summed E-state index contributed by atoms with van der Waals surface area (Å²) in [7, 11) is 1.65. The maximum atomic E-state index is 12.5. The Labute approximate surface area is 158 Å². The Morgan fingerprint density at radius 2 is 2.04 bits per heavy atom. The molecule has 0 saturated carbocycles. The minimum atomic E-state index is -2.94. The number of rotatable bonds is 8. The van der Waals surface area contributed by atoms with Crippen molar-refractivity contribution in [2.24, 2.45) is 0 Å². The molecule has 1 saturated heterocycles. The molecule has 0 aromatic heterocycles. The zero-order valence-corrected chi connectivity index (χ0v) is 15.7. The summed E-state index contributed by atoms with van der Waals surface area (Å²) in [5.41, 5.74) is 0.720. The summed E-state index contributed by atoms with van der Waals surface area (Å²) in [6.45, 7) is 0.0371. The van der Waals surface area contributed by atoms with Crippen molar-refractivity contribution in [1.82, 2.24) is 9.80 Å². The molecule has 0 atom stereocenters. The maximum absolute atomic E-state index is 12.5. The van der Waals surface area contributed by atoms with Crippen LogP contribution in [0.1, 0.15) is 38.2 Å². The molecule has 1 fully saturated rings. The van der Waals surface area contributed by atoms with Gasteiger partial charge in [0.25, 0.3) is 0 Å². The Hall–Kier alpha value is -2.38. The highest BCUT2D eigenvalue weighted by molar-refractivity contribution is 5.84. The van der Waals surface area contributed by atoms with Gasteiger partial charge in [0.05, 0.1) is 13.2 Å². The summed E-state index contributed by atoms with van der Waals surface area (Å²) < 4.78 is 34.8. The van der Waals surface area contributed by atoms with Gasteiger partial charge in [-0.2, -0.15) is 8.78 Å². The number of likely N-dealkylation sites (tertiary alicyclic amines) is 1. The van der Waals surface area contributed by atoms with Gasteiger partial charge in [-0.1, -0.05) is 12.5 Å². The third-order valence-corrected chi connectivity index (χ3v) is 4.37. The molecular weight excluding hydrogens is 358 g/mol. The highest BCUT2D eigenvalue weighted by Crippen LogP contribution is 2.30. The fraction of sp³-hybridized carbons (Fsp3) is 0.579. The molecule has 0 spiro atoms. The van der Waals surface area contributed by atoms with Gasteiger partial charge in [0.2, 0.25) is 11.8 Å². The minimum absolute atomic E-state index is 0.0152. The van der Waals surface area contributed by atoms with Crippen LogP contribution < -0.4 is 9.47 Å². The van der Waals surface area contributed by atoms with Crippen molar-refractivity contribution in [3.05, 3.63) is 23.8 Å². The Morgan fingerprint density at radius 1 is 1.26 bits per heavy atom. The molecule has 1 heterocycles. The highest BCUT2D eigenvalue weighted by Gasteiger charge is 2.21. The van der Waals surface area contributed by atoms with Crippen molar-refractivity contribution in [1.29, 1.82) is 0 Å². The number of carbonyl (C=O) groups is 2. The first-order valence-corrected chi connectivity index (χ1v) is 9.13. The second-order valence-corrected chi connectivity index (χ2v) is 6.47. The average Bonchev–Trinajstić information content (AvgIpc) is 2.81. The Bertz CT molecular complexity index is 655. The molecule has 0 N–H and O–H groups in total. The molecule has 6 nitrogen and oxygen atoms in total. The van der Waals surface area contributed by atoms with Crippen molar-refractivity contribution >= 4 is 11.8 Å². The predicted molar refractivity (Wildman–Crippen MR) is 95.8 cm³/mol. The second kappa shape index (κ2) is 10.1. The number of benzene rings is 1. The lowest BCUT2D eigenvalue weighted by Crippen LogP contribution is -2.41. The molecule has 0 unspecified atom stereocenters. The summed E-state index contributed by atoms with van der Waals surface area (Å²) in [4.78, 5) is 27.6. The first kappa shape index (κ1) is 20.9. The monoisotopic (exact) mass is 384 g/mol. The van der Waals surface area contributed by atoms with Crippen LogP contribution in [0.5, 0.6) is 11.5 Å². The summed E-state index contributed by atoms with van der Waals surface area (Å²) in [5, 5.41) is 0. The molecule has 2 rings (SSSR count). The highest BCUT2D eigenvalue weighted by atomic mass is 19.3. The fourth-order valence-corrected chi connectivity index (χ4v) is 2.96. The summed E-state index contributed by atoms with van der Waals surface area (Å²) in [6.07, 6.45) is 3.26. The zero-order chi connectivity index (χ0) is 19.8. The number of halogens is 2. The SMILES string of the molecule is CCOc1cc(CN(C)C(=O)CN2CCCCCC2=O)ccc1OC(F)F. The van der Waals surface area contributed by atoms with Gasteiger partial charge < -0.3 is 19.3 Å². The van der Waals surface area contributed by atoms with Gasteiger partial charge in [-0.05, 0) is 37.5 Å². The van der Waals surface area contributed by atoms with Crippen LogP contribution >= 0.6 is 0 Å². The van der Waals surface area contributed by atoms with Crippen LogP contribution in [0.4, 0.5) is 8.78 Å². The van der Waals surface area contributed by atoms with Gasteiger partial charge in [0.15, 0.2) is 11.5 Å². The van der Waals surface area contributed by atoms with Gasteiger partial charge in [-0.25, -0.2) is 0 Å². The van der Waals surface area contributed by atoms with E-state index in [9.17, 15) is 18.4 Å². The lowest BCUT2D eigenvalue weighted by Gasteiger charge is -2.24. The Balaban J connectivity index is 2.00. The van der Waals surface area contributed by atoms with E-state index in [1.807, 2.05) is 0 Å². The molecule has 0 radical (unpaired) electrons. The smallest absolute Gasteiger partial charge is 0.387 e. The Kier molecular flexibility index (Phi) is 7.82. The molecule has 8 heteroatoms. The summed E-state index contributed by atoms with van der Waals surface area (Å²) in [6, 6.07) is 4.60. The van der Waals surface area contributed by atoms with Gasteiger partial charge in [-0.3, -0.25) is 9.59 Å². The van der Waals surface area contributed by atoms with E-state index in [-0.39, 0.29) is 36.4 Å². The number of amides is 2. The number of hydrogen-bond acceptors (Lipinski definition) is 4.